The van der Waals surface area contributed by atoms with E-state index in [1.807, 2.05) is 12.1 Å². The Balaban J connectivity index is 2.13. The summed E-state index contributed by atoms with van der Waals surface area (Å²) in [6, 6.07) is 8.13. The lowest BCUT2D eigenvalue weighted by Crippen LogP contribution is -2.02. The van der Waals surface area contributed by atoms with Crippen molar-refractivity contribution in [2.24, 2.45) is 4.99 Å². The Morgan fingerprint density at radius 3 is 2.64 bits per heavy atom. The summed E-state index contributed by atoms with van der Waals surface area (Å²) in [6.07, 6.45) is 0.296. The van der Waals surface area contributed by atoms with Gasteiger partial charge in [-0.15, -0.1) is 0 Å². The van der Waals surface area contributed by atoms with Crippen molar-refractivity contribution in [3.8, 4) is 0 Å². The van der Waals surface area contributed by atoms with Crippen LogP contribution >= 0.6 is 11.8 Å². The van der Waals surface area contributed by atoms with Crippen LogP contribution in [0, 0.1) is 6.92 Å². The lowest BCUT2D eigenvalue weighted by molar-refractivity contribution is 0.252. The number of benzene rings is 1. The van der Waals surface area contributed by atoms with E-state index in [1.165, 1.54) is 5.56 Å². The summed E-state index contributed by atoms with van der Waals surface area (Å²) in [5.74, 6) is 1.00. The van der Waals surface area contributed by atoms with E-state index in [1.54, 1.807) is 11.8 Å². The Kier molecular flexibility index (Phi) is 2.77. The Bertz CT molecular complexity index is 345. The normalized spacial score (nSPS) is 23.9. The average molecular weight is 207 g/mol. The Morgan fingerprint density at radius 1 is 1.36 bits per heavy atom. The van der Waals surface area contributed by atoms with Gasteiger partial charge >= 0.3 is 0 Å². The second-order valence-electron chi connectivity index (χ2n) is 3.45. The van der Waals surface area contributed by atoms with Gasteiger partial charge in [0.2, 0.25) is 0 Å². The van der Waals surface area contributed by atoms with Gasteiger partial charge < -0.3 is 4.74 Å². The third-order valence-corrected chi connectivity index (χ3v) is 3.07. The molecule has 1 aliphatic heterocycles. The fourth-order valence-electron chi connectivity index (χ4n) is 1.21. The lowest BCUT2D eigenvalue weighted by Gasteiger charge is -2.00. The van der Waals surface area contributed by atoms with Crippen LogP contribution < -0.4 is 0 Å². The van der Waals surface area contributed by atoms with Crippen molar-refractivity contribution in [2.45, 2.75) is 20.0 Å². The minimum Gasteiger partial charge on any atom is -0.469 e. The van der Waals surface area contributed by atoms with Gasteiger partial charge in [0.1, 0.15) is 6.10 Å². The van der Waals surface area contributed by atoms with Gasteiger partial charge in [0.25, 0.3) is 5.23 Å². The van der Waals surface area contributed by atoms with Gasteiger partial charge in [-0.3, -0.25) is 0 Å². The Labute approximate surface area is 88.4 Å². The van der Waals surface area contributed by atoms with Gasteiger partial charge in [0, 0.05) is 5.75 Å². The minimum absolute atomic E-state index is 0.296. The van der Waals surface area contributed by atoms with Crippen molar-refractivity contribution in [1.82, 2.24) is 0 Å². The number of nitrogens with zero attached hydrogens (tertiary/aromatic N) is 1. The van der Waals surface area contributed by atoms with E-state index in [2.05, 4.69) is 31.0 Å². The minimum atomic E-state index is 0.296. The molecular weight excluding hydrogens is 194 g/mol. The number of hydrogen-bond acceptors (Lipinski definition) is 3. The summed E-state index contributed by atoms with van der Waals surface area (Å²) in [7, 11) is 0. The predicted octanol–water partition coefficient (Wildman–Crippen LogP) is 3.13. The van der Waals surface area contributed by atoms with Crippen molar-refractivity contribution in [2.75, 3.05) is 5.75 Å². The second kappa shape index (κ2) is 4.05. The molecule has 1 heterocycles. The highest BCUT2D eigenvalue weighted by Gasteiger charge is 2.17. The van der Waals surface area contributed by atoms with Crippen LogP contribution in [0.1, 0.15) is 12.5 Å². The maximum Gasteiger partial charge on any atom is 0.251 e. The number of thioether (sulfide) groups is 1. The molecule has 1 aromatic rings. The zero-order valence-electron chi connectivity index (χ0n) is 8.36. The zero-order chi connectivity index (χ0) is 9.97. The van der Waals surface area contributed by atoms with Crippen LogP contribution in [0.2, 0.25) is 0 Å². The van der Waals surface area contributed by atoms with Crippen molar-refractivity contribution in [3.63, 3.8) is 0 Å². The monoisotopic (exact) mass is 207 g/mol. The lowest BCUT2D eigenvalue weighted by atomic mass is 10.2. The molecule has 1 aliphatic rings. The molecule has 0 amide bonds. The highest BCUT2D eigenvalue weighted by molar-refractivity contribution is 8.13. The summed E-state index contributed by atoms with van der Waals surface area (Å²) in [5.41, 5.74) is 2.22. The Morgan fingerprint density at radius 2 is 2.07 bits per heavy atom. The van der Waals surface area contributed by atoms with E-state index in [-0.39, 0.29) is 0 Å². The number of aliphatic imine (C=N–C) groups is 1. The largest absolute Gasteiger partial charge is 0.469 e. The fraction of sp³-hybridized carbons (Fsp3) is 0.364. The molecule has 0 aliphatic carbocycles. The van der Waals surface area contributed by atoms with E-state index >= 15 is 0 Å². The summed E-state index contributed by atoms with van der Waals surface area (Å²) < 4.78 is 5.51. The van der Waals surface area contributed by atoms with Crippen molar-refractivity contribution >= 4 is 22.7 Å². The van der Waals surface area contributed by atoms with Crippen LogP contribution in [-0.2, 0) is 4.74 Å². The van der Waals surface area contributed by atoms with Crippen LogP contribution in [0.3, 0.4) is 0 Å². The maximum absolute atomic E-state index is 5.51. The molecule has 0 aromatic heterocycles. The summed E-state index contributed by atoms with van der Waals surface area (Å²) in [4.78, 5) is 4.41. The molecule has 2 nitrogen and oxygen atoms in total. The number of rotatable bonds is 1. The molecule has 0 bridgehead atoms. The molecule has 0 radical (unpaired) electrons. The quantitative estimate of drug-likeness (QED) is 0.705. The van der Waals surface area contributed by atoms with Crippen molar-refractivity contribution < 1.29 is 4.74 Å². The zero-order valence-corrected chi connectivity index (χ0v) is 9.17. The first-order chi connectivity index (χ1) is 6.74. The fourth-order valence-corrected chi connectivity index (χ4v) is 2.06. The number of ether oxygens (including phenoxy) is 1. The molecule has 14 heavy (non-hydrogen) atoms. The summed E-state index contributed by atoms with van der Waals surface area (Å²) in [6.45, 7) is 4.13. The van der Waals surface area contributed by atoms with E-state index in [0.29, 0.717) is 6.10 Å². The third-order valence-electron chi connectivity index (χ3n) is 2.00. The molecule has 0 spiro atoms. The van der Waals surface area contributed by atoms with Gasteiger partial charge in [-0.05, 0) is 26.0 Å². The highest BCUT2D eigenvalue weighted by atomic mass is 32.2. The first-order valence-electron chi connectivity index (χ1n) is 4.69. The van der Waals surface area contributed by atoms with Gasteiger partial charge in [0.15, 0.2) is 0 Å². The van der Waals surface area contributed by atoms with Crippen molar-refractivity contribution in [3.05, 3.63) is 29.8 Å². The van der Waals surface area contributed by atoms with E-state index in [4.69, 9.17) is 4.74 Å². The molecule has 0 saturated carbocycles. The molecule has 3 heteroatoms. The van der Waals surface area contributed by atoms with Crippen LogP contribution in [-0.4, -0.2) is 17.1 Å². The van der Waals surface area contributed by atoms with Gasteiger partial charge in [-0.25, -0.2) is 4.99 Å². The van der Waals surface area contributed by atoms with Crippen LogP contribution in [0.5, 0.6) is 0 Å². The predicted molar refractivity (Wildman–Crippen MR) is 61.3 cm³/mol. The number of hydrogen-bond donors (Lipinski definition) is 0. The summed E-state index contributed by atoms with van der Waals surface area (Å²) in [5, 5.41) is 0.793. The van der Waals surface area contributed by atoms with E-state index in [0.717, 1.165) is 16.7 Å². The standard InChI is InChI=1S/C11H13NOS/c1-8-3-5-10(6-4-8)12-11-13-9(2)7-14-11/h3-6,9H,7H2,1-2H3. The van der Waals surface area contributed by atoms with Gasteiger partial charge in [-0.2, -0.15) is 0 Å². The molecule has 1 saturated heterocycles. The molecule has 2 rings (SSSR count). The molecule has 74 valence electrons. The van der Waals surface area contributed by atoms with Crippen molar-refractivity contribution in [1.29, 1.82) is 0 Å². The smallest absolute Gasteiger partial charge is 0.251 e. The SMILES string of the molecule is Cc1ccc(N=C2OC(C)CS2)cc1. The second-order valence-corrected chi connectivity index (χ2v) is 4.42. The van der Waals surface area contributed by atoms with E-state index < -0.39 is 0 Å². The molecule has 1 fully saturated rings. The molecule has 0 N–H and O–H groups in total. The van der Waals surface area contributed by atoms with Gasteiger partial charge in [-0.1, -0.05) is 29.5 Å². The molecule has 1 atom stereocenters. The first-order valence-corrected chi connectivity index (χ1v) is 5.67. The number of aryl methyl sites for hydroxylation is 1. The first kappa shape index (κ1) is 9.59. The topological polar surface area (TPSA) is 21.6 Å². The van der Waals surface area contributed by atoms with Gasteiger partial charge in [0.05, 0.1) is 5.69 Å². The van der Waals surface area contributed by atoms with E-state index in [9.17, 15) is 0 Å². The maximum atomic E-state index is 5.51. The van der Waals surface area contributed by atoms with Crippen LogP contribution in [0.4, 0.5) is 5.69 Å². The molecule has 1 unspecified atom stereocenters. The average Bonchev–Trinajstić information content (AvgIpc) is 2.56. The summed E-state index contributed by atoms with van der Waals surface area (Å²) >= 11 is 1.68. The van der Waals surface area contributed by atoms with Crippen LogP contribution in [0.15, 0.2) is 29.3 Å². The molecule has 1 aromatic carbocycles. The highest BCUT2D eigenvalue weighted by Crippen LogP contribution is 2.23. The molecular formula is C11H13NOS. The Hall–Kier alpha value is -0.960. The third kappa shape index (κ3) is 2.29. The van der Waals surface area contributed by atoms with Crippen LogP contribution in [0.25, 0.3) is 0 Å².